The van der Waals surface area contributed by atoms with Crippen molar-refractivity contribution in [3.63, 3.8) is 0 Å². The van der Waals surface area contributed by atoms with E-state index >= 15 is 0 Å². The van der Waals surface area contributed by atoms with Crippen molar-refractivity contribution < 1.29 is 4.79 Å². The highest BCUT2D eigenvalue weighted by molar-refractivity contribution is 5.89. The highest BCUT2D eigenvalue weighted by atomic mass is 16.1. The number of rotatable bonds is 6. The number of nitrogens with one attached hydrogen (secondary N) is 2. The monoisotopic (exact) mass is 273 g/mol. The zero-order valence-electron chi connectivity index (χ0n) is 12.7. The van der Waals surface area contributed by atoms with E-state index in [0.717, 1.165) is 29.9 Å². The molecule has 4 nitrogen and oxygen atoms in total. The minimum Gasteiger partial charge on any atom is -0.384 e. The quantitative estimate of drug-likeness (QED) is 0.830. The van der Waals surface area contributed by atoms with E-state index in [4.69, 9.17) is 5.26 Å². The van der Waals surface area contributed by atoms with Crippen LogP contribution >= 0.6 is 0 Å². The normalized spacial score (nSPS) is 10.8. The Morgan fingerprint density at radius 1 is 1.40 bits per heavy atom. The van der Waals surface area contributed by atoms with Crippen molar-refractivity contribution in [1.82, 2.24) is 0 Å². The van der Waals surface area contributed by atoms with Crippen LogP contribution in [0.3, 0.4) is 0 Å². The molecule has 0 atom stereocenters. The summed E-state index contributed by atoms with van der Waals surface area (Å²) in [4.78, 5) is 11.1. The van der Waals surface area contributed by atoms with Crippen LogP contribution in [0.25, 0.3) is 0 Å². The fourth-order valence-corrected chi connectivity index (χ4v) is 1.91. The minimum absolute atomic E-state index is 0.0617. The molecule has 0 heterocycles. The standard InChI is InChI=1S/C16H23N3O/c1-12-6-7-14(19-13(2)20)10-15(12)18-11-16(3,4)8-5-9-17/h6-7,10,18H,5,8,11H2,1-4H3,(H,19,20). The number of aryl methyl sites for hydroxylation is 1. The Bertz CT molecular complexity index is 515. The zero-order chi connectivity index (χ0) is 15.2. The van der Waals surface area contributed by atoms with Crippen LogP contribution in [0.2, 0.25) is 0 Å². The molecule has 0 bridgehead atoms. The first-order valence-corrected chi connectivity index (χ1v) is 6.83. The number of amides is 1. The van der Waals surface area contributed by atoms with Crippen molar-refractivity contribution in [3.8, 4) is 6.07 Å². The largest absolute Gasteiger partial charge is 0.384 e. The van der Waals surface area contributed by atoms with Crippen LogP contribution in [0.15, 0.2) is 18.2 Å². The first-order chi connectivity index (χ1) is 9.34. The van der Waals surface area contributed by atoms with E-state index in [1.54, 1.807) is 0 Å². The molecule has 108 valence electrons. The van der Waals surface area contributed by atoms with Gasteiger partial charge in [-0.15, -0.1) is 0 Å². The van der Waals surface area contributed by atoms with Crippen molar-refractivity contribution in [3.05, 3.63) is 23.8 Å². The molecule has 0 saturated heterocycles. The van der Waals surface area contributed by atoms with E-state index in [9.17, 15) is 4.79 Å². The summed E-state index contributed by atoms with van der Waals surface area (Å²) in [5, 5.41) is 14.9. The maximum absolute atomic E-state index is 11.1. The summed E-state index contributed by atoms with van der Waals surface area (Å²) in [5.41, 5.74) is 3.00. The van der Waals surface area contributed by atoms with Gasteiger partial charge in [-0.3, -0.25) is 4.79 Å². The summed E-state index contributed by atoms with van der Waals surface area (Å²) in [7, 11) is 0. The Hall–Kier alpha value is -2.02. The number of hydrogen-bond acceptors (Lipinski definition) is 3. The highest BCUT2D eigenvalue weighted by Gasteiger charge is 2.17. The molecule has 0 aliphatic heterocycles. The summed E-state index contributed by atoms with van der Waals surface area (Å²) in [6, 6.07) is 8.00. The van der Waals surface area contributed by atoms with Crippen molar-refractivity contribution in [2.24, 2.45) is 5.41 Å². The van der Waals surface area contributed by atoms with Gasteiger partial charge < -0.3 is 10.6 Å². The third kappa shape index (κ3) is 5.31. The summed E-state index contributed by atoms with van der Waals surface area (Å²) in [5.74, 6) is -0.0749. The SMILES string of the molecule is CC(=O)Nc1ccc(C)c(NCC(C)(C)CCC#N)c1. The van der Waals surface area contributed by atoms with E-state index in [2.05, 4.69) is 30.6 Å². The molecule has 4 heteroatoms. The lowest BCUT2D eigenvalue weighted by Gasteiger charge is -2.25. The molecular formula is C16H23N3O. The minimum atomic E-state index is -0.0749. The lowest BCUT2D eigenvalue weighted by molar-refractivity contribution is -0.114. The first kappa shape index (κ1) is 16.0. The Balaban J connectivity index is 2.72. The topological polar surface area (TPSA) is 64.9 Å². The third-order valence-corrected chi connectivity index (χ3v) is 3.23. The predicted molar refractivity (Wildman–Crippen MR) is 82.6 cm³/mol. The van der Waals surface area contributed by atoms with E-state index in [1.807, 2.05) is 25.1 Å². The van der Waals surface area contributed by atoms with Gasteiger partial charge in [0.05, 0.1) is 6.07 Å². The predicted octanol–water partition coefficient (Wildman–Crippen LogP) is 3.70. The summed E-state index contributed by atoms with van der Waals surface area (Å²) in [6.45, 7) is 8.61. The van der Waals surface area contributed by atoms with Gasteiger partial charge in [0.15, 0.2) is 0 Å². The molecule has 1 amide bonds. The Morgan fingerprint density at radius 2 is 2.10 bits per heavy atom. The molecule has 0 aliphatic rings. The van der Waals surface area contributed by atoms with Gasteiger partial charge in [-0.2, -0.15) is 5.26 Å². The molecule has 20 heavy (non-hydrogen) atoms. The number of carbonyl (C=O) groups excluding carboxylic acids is 1. The van der Waals surface area contributed by atoms with Gasteiger partial charge in [-0.25, -0.2) is 0 Å². The van der Waals surface area contributed by atoms with Crippen LogP contribution in [0.5, 0.6) is 0 Å². The van der Waals surface area contributed by atoms with E-state index < -0.39 is 0 Å². The maximum Gasteiger partial charge on any atom is 0.221 e. The second-order valence-corrected chi connectivity index (χ2v) is 5.89. The fraction of sp³-hybridized carbons (Fsp3) is 0.500. The van der Waals surface area contributed by atoms with Gasteiger partial charge in [0.25, 0.3) is 0 Å². The fourth-order valence-electron chi connectivity index (χ4n) is 1.91. The van der Waals surface area contributed by atoms with Crippen LogP contribution in [0.4, 0.5) is 11.4 Å². The molecule has 0 aliphatic carbocycles. The Kier molecular flexibility index (Phi) is 5.57. The molecule has 2 N–H and O–H groups in total. The van der Waals surface area contributed by atoms with Crippen molar-refractivity contribution in [2.45, 2.75) is 40.5 Å². The van der Waals surface area contributed by atoms with Gasteiger partial charge >= 0.3 is 0 Å². The van der Waals surface area contributed by atoms with Crippen LogP contribution in [-0.2, 0) is 4.79 Å². The number of nitriles is 1. The molecule has 0 saturated carbocycles. The van der Waals surface area contributed by atoms with Crippen LogP contribution < -0.4 is 10.6 Å². The molecule has 1 aromatic carbocycles. The summed E-state index contributed by atoms with van der Waals surface area (Å²) >= 11 is 0. The van der Waals surface area contributed by atoms with Crippen LogP contribution in [0.1, 0.15) is 39.2 Å². The molecule has 0 spiro atoms. The Morgan fingerprint density at radius 3 is 2.70 bits per heavy atom. The number of benzene rings is 1. The smallest absolute Gasteiger partial charge is 0.221 e. The highest BCUT2D eigenvalue weighted by Crippen LogP contribution is 2.25. The van der Waals surface area contributed by atoms with Crippen molar-refractivity contribution in [1.29, 1.82) is 5.26 Å². The second-order valence-electron chi connectivity index (χ2n) is 5.89. The average Bonchev–Trinajstić information content (AvgIpc) is 2.36. The lowest BCUT2D eigenvalue weighted by Crippen LogP contribution is -2.23. The van der Waals surface area contributed by atoms with Gasteiger partial charge in [0.1, 0.15) is 0 Å². The average molecular weight is 273 g/mol. The number of nitrogens with zero attached hydrogens (tertiary/aromatic N) is 1. The van der Waals surface area contributed by atoms with E-state index in [0.29, 0.717) is 6.42 Å². The molecule has 0 unspecified atom stereocenters. The van der Waals surface area contributed by atoms with Gasteiger partial charge in [-0.1, -0.05) is 19.9 Å². The zero-order valence-corrected chi connectivity index (χ0v) is 12.7. The number of anilines is 2. The van der Waals surface area contributed by atoms with Gasteiger partial charge in [0.2, 0.25) is 5.91 Å². The second kappa shape index (κ2) is 6.95. The molecular weight excluding hydrogens is 250 g/mol. The molecule has 0 aromatic heterocycles. The van der Waals surface area contributed by atoms with Gasteiger partial charge in [-0.05, 0) is 36.5 Å². The lowest BCUT2D eigenvalue weighted by atomic mass is 9.88. The molecule has 1 aromatic rings. The molecule has 1 rings (SSSR count). The van der Waals surface area contributed by atoms with Gasteiger partial charge in [0, 0.05) is 31.3 Å². The van der Waals surface area contributed by atoms with Crippen LogP contribution in [-0.4, -0.2) is 12.5 Å². The first-order valence-electron chi connectivity index (χ1n) is 6.83. The molecule has 0 radical (unpaired) electrons. The van der Waals surface area contributed by atoms with Crippen molar-refractivity contribution >= 4 is 17.3 Å². The number of hydrogen-bond donors (Lipinski definition) is 2. The maximum atomic E-state index is 11.1. The Labute approximate surface area is 121 Å². The number of carbonyl (C=O) groups is 1. The summed E-state index contributed by atoms with van der Waals surface area (Å²) in [6.07, 6.45) is 1.43. The van der Waals surface area contributed by atoms with E-state index in [1.165, 1.54) is 6.92 Å². The molecule has 0 fully saturated rings. The van der Waals surface area contributed by atoms with Crippen molar-refractivity contribution in [2.75, 3.05) is 17.2 Å². The van der Waals surface area contributed by atoms with E-state index in [-0.39, 0.29) is 11.3 Å². The summed E-state index contributed by atoms with van der Waals surface area (Å²) < 4.78 is 0. The third-order valence-electron chi connectivity index (χ3n) is 3.23. The van der Waals surface area contributed by atoms with Crippen LogP contribution in [0, 0.1) is 23.7 Å².